The second kappa shape index (κ2) is 9.30. The van der Waals surface area contributed by atoms with Crippen molar-refractivity contribution in [2.45, 2.75) is 31.2 Å². The molecule has 2 aromatic carbocycles. The van der Waals surface area contributed by atoms with E-state index < -0.39 is 10.0 Å². The summed E-state index contributed by atoms with van der Waals surface area (Å²) in [5.41, 5.74) is 2.92. The largest absolute Gasteiger partial charge is 0.299 e. The lowest BCUT2D eigenvalue weighted by Crippen LogP contribution is -2.40. The molecule has 0 radical (unpaired) electrons. The molecule has 1 atom stereocenters. The molecule has 1 saturated heterocycles. The van der Waals surface area contributed by atoms with Gasteiger partial charge in [-0.15, -0.1) is 0 Å². The Morgan fingerprint density at radius 2 is 1.87 bits per heavy atom. The lowest BCUT2D eigenvalue weighted by Gasteiger charge is -2.32. The molecule has 1 aromatic heterocycles. The van der Waals surface area contributed by atoms with E-state index in [1.54, 1.807) is 28.9 Å². The molecule has 1 aliphatic heterocycles. The number of likely N-dealkylation sites (tertiary alicyclic amines) is 1. The summed E-state index contributed by atoms with van der Waals surface area (Å²) in [5.74, 6) is -0.00499. The van der Waals surface area contributed by atoms with E-state index >= 15 is 0 Å². The minimum Gasteiger partial charge on any atom is -0.299 e. The lowest BCUT2D eigenvalue weighted by atomic mass is 9.98. The molecule has 3 aromatic rings. The van der Waals surface area contributed by atoms with Crippen LogP contribution in [0.1, 0.15) is 24.0 Å². The van der Waals surface area contributed by atoms with Crippen LogP contribution in [0.5, 0.6) is 0 Å². The van der Waals surface area contributed by atoms with Crippen LogP contribution in [0, 0.1) is 18.7 Å². The molecule has 31 heavy (non-hydrogen) atoms. The van der Waals surface area contributed by atoms with Crippen LogP contribution in [0.3, 0.4) is 0 Å². The normalized spacial score (nSPS) is 17.7. The molecule has 0 aliphatic carbocycles. The van der Waals surface area contributed by atoms with Crippen molar-refractivity contribution in [3.05, 3.63) is 77.9 Å². The van der Waals surface area contributed by atoms with E-state index in [2.05, 4.69) is 14.7 Å². The van der Waals surface area contributed by atoms with Crippen LogP contribution in [0.25, 0.3) is 5.69 Å². The average Bonchev–Trinajstić information content (AvgIpc) is 3.22. The number of aryl methyl sites for hydroxylation is 1. The number of nitrogens with zero attached hydrogens (tertiary/aromatic N) is 3. The highest BCUT2D eigenvalue weighted by Gasteiger charge is 2.23. The number of hydrogen-bond donors (Lipinski definition) is 1. The first kappa shape index (κ1) is 21.7. The molecule has 1 N–H and O–H groups in total. The van der Waals surface area contributed by atoms with Crippen LogP contribution >= 0.6 is 0 Å². The first-order chi connectivity index (χ1) is 14.9. The fraction of sp³-hybridized carbons (Fsp3) is 0.348. The zero-order chi connectivity index (χ0) is 21.8. The summed E-state index contributed by atoms with van der Waals surface area (Å²) in [5, 5.41) is 4.38. The van der Waals surface area contributed by atoms with Gasteiger partial charge in [0.1, 0.15) is 5.82 Å². The van der Waals surface area contributed by atoms with Crippen molar-refractivity contribution in [3.63, 3.8) is 0 Å². The van der Waals surface area contributed by atoms with E-state index in [-0.39, 0.29) is 11.7 Å². The van der Waals surface area contributed by atoms with Gasteiger partial charge < -0.3 is 0 Å². The van der Waals surface area contributed by atoms with Gasteiger partial charge in [-0.25, -0.2) is 22.2 Å². The number of benzene rings is 2. The predicted octanol–water partition coefficient (Wildman–Crippen LogP) is 3.51. The number of aromatic nitrogens is 2. The van der Waals surface area contributed by atoms with Gasteiger partial charge in [0.15, 0.2) is 0 Å². The van der Waals surface area contributed by atoms with Crippen LogP contribution in [0.15, 0.2) is 65.8 Å². The standard InChI is InChI=1S/C23H27FN4O2S/c1-18-4-10-23(11-5-18)31(29,30)26-14-19-3-2-12-27(15-19)16-20-13-25-28(17-20)22-8-6-21(24)7-9-22/h4-11,13,17,19,26H,2-3,12,14-16H2,1H3. The topological polar surface area (TPSA) is 67.2 Å². The fourth-order valence-electron chi connectivity index (χ4n) is 3.92. The Bertz CT molecular complexity index is 1110. The van der Waals surface area contributed by atoms with Crippen molar-refractivity contribution in [2.75, 3.05) is 19.6 Å². The first-order valence-electron chi connectivity index (χ1n) is 10.5. The van der Waals surface area contributed by atoms with E-state index in [1.165, 1.54) is 12.1 Å². The van der Waals surface area contributed by atoms with Gasteiger partial charge in [0, 0.05) is 31.4 Å². The Balaban J connectivity index is 1.32. The van der Waals surface area contributed by atoms with E-state index in [1.807, 2.05) is 31.5 Å². The smallest absolute Gasteiger partial charge is 0.240 e. The quantitative estimate of drug-likeness (QED) is 0.608. The lowest BCUT2D eigenvalue weighted by molar-refractivity contribution is 0.169. The van der Waals surface area contributed by atoms with Crippen LogP contribution in [0.2, 0.25) is 0 Å². The van der Waals surface area contributed by atoms with Gasteiger partial charge in [-0.1, -0.05) is 17.7 Å². The number of hydrogen-bond acceptors (Lipinski definition) is 4. The molecule has 1 unspecified atom stereocenters. The van der Waals surface area contributed by atoms with Gasteiger partial charge in [0.25, 0.3) is 0 Å². The molecule has 1 aliphatic rings. The molecule has 0 amide bonds. The Kier molecular flexibility index (Phi) is 6.50. The highest BCUT2D eigenvalue weighted by molar-refractivity contribution is 7.89. The summed E-state index contributed by atoms with van der Waals surface area (Å²) in [6.07, 6.45) is 5.81. The van der Waals surface area contributed by atoms with Crippen molar-refractivity contribution >= 4 is 10.0 Å². The number of halogens is 1. The molecule has 0 spiro atoms. The number of sulfonamides is 1. The maximum Gasteiger partial charge on any atom is 0.240 e. The highest BCUT2D eigenvalue weighted by Crippen LogP contribution is 2.20. The van der Waals surface area contributed by atoms with Gasteiger partial charge >= 0.3 is 0 Å². The summed E-state index contributed by atoms with van der Waals surface area (Å²) in [4.78, 5) is 2.64. The Hall–Kier alpha value is -2.55. The Labute approximate surface area is 182 Å². The van der Waals surface area contributed by atoms with E-state index in [9.17, 15) is 12.8 Å². The van der Waals surface area contributed by atoms with Gasteiger partial charge in [-0.3, -0.25) is 4.90 Å². The summed E-state index contributed by atoms with van der Waals surface area (Å²) in [6, 6.07) is 13.1. The Morgan fingerprint density at radius 3 is 2.61 bits per heavy atom. The van der Waals surface area contributed by atoms with Crippen LogP contribution in [-0.2, 0) is 16.6 Å². The van der Waals surface area contributed by atoms with Crippen molar-refractivity contribution < 1.29 is 12.8 Å². The van der Waals surface area contributed by atoms with Gasteiger partial charge in [-0.05, 0) is 68.6 Å². The molecule has 0 bridgehead atoms. The molecule has 8 heteroatoms. The summed E-state index contributed by atoms with van der Waals surface area (Å²) in [7, 11) is -3.49. The molecule has 1 fully saturated rings. The molecule has 164 valence electrons. The van der Waals surface area contributed by atoms with Crippen LogP contribution in [-0.4, -0.2) is 42.7 Å². The second-order valence-corrected chi connectivity index (χ2v) is 9.94. The minimum atomic E-state index is -3.49. The van der Waals surface area contributed by atoms with Crippen LogP contribution in [0.4, 0.5) is 4.39 Å². The monoisotopic (exact) mass is 442 g/mol. The first-order valence-corrected chi connectivity index (χ1v) is 12.0. The maximum atomic E-state index is 13.1. The van der Waals surface area contributed by atoms with Crippen LogP contribution < -0.4 is 4.72 Å². The number of piperidine rings is 1. The van der Waals surface area contributed by atoms with Crippen molar-refractivity contribution in [1.29, 1.82) is 0 Å². The third-order valence-electron chi connectivity index (χ3n) is 5.63. The summed E-state index contributed by atoms with van der Waals surface area (Å²) < 4.78 is 42.8. The highest BCUT2D eigenvalue weighted by atomic mass is 32.2. The molecular formula is C23H27FN4O2S. The van der Waals surface area contributed by atoms with Gasteiger partial charge in [0.2, 0.25) is 10.0 Å². The van der Waals surface area contributed by atoms with Crippen molar-refractivity contribution in [3.8, 4) is 5.69 Å². The summed E-state index contributed by atoms with van der Waals surface area (Å²) >= 11 is 0. The zero-order valence-electron chi connectivity index (χ0n) is 17.5. The zero-order valence-corrected chi connectivity index (χ0v) is 18.4. The van der Waals surface area contributed by atoms with E-state index in [4.69, 9.17) is 0 Å². The Morgan fingerprint density at radius 1 is 1.13 bits per heavy atom. The van der Waals surface area contributed by atoms with Gasteiger partial charge in [-0.2, -0.15) is 5.10 Å². The average molecular weight is 443 g/mol. The van der Waals surface area contributed by atoms with Crippen molar-refractivity contribution in [1.82, 2.24) is 19.4 Å². The second-order valence-electron chi connectivity index (χ2n) is 8.18. The molecule has 2 heterocycles. The van der Waals surface area contributed by atoms with Gasteiger partial charge in [0.05, 0.1) is 16.8 Å². The van der Waals surface area contributed by atoms with Crippen molar-refractivity contribution in [2.24, 2.45) is 5.92 Å². The third kappa shape index (κ3) is 5.58. The molecule has 4 rings (SSSR count). The summed E-state index contributed by atoms with van der Waals surface area (Å²) in [6.45, 7) is 4.93. The molecule has 6 nitrogen and oxygen atoms in total. The minimum absolute atomic E-state index is 0.265. The van der Waals surface area contributed by atoms with E-state index in [0.717, 1.165) is 49.3 Å². The predicted molar refractivity (Wildman–Crippen MR) is 118 cm³/mol. The molecular weight excluding hydrogens is 415 g/mol. The third-order valence-corrected chi connectivity index (χ3v) is 7.07. The molecule has 0 saturated carbocycles. The van der Waals surface area contributed by atoms with E-state index in [0.29, 0.717) is 11.4 Å². The number of rotatable bonds is 7. The maximum absolute atomic E-state index is 13.1. The fourth-order valence-corrected chi connectivity index (χ4v) is 5.04. The SMILES string of the molecule is Cc1ccc(S(=O)(=O)NCC2CCCN(Cc3cnn(-c4ccc(F)cc4)c3)C2)cc1. The number of nitrogens with one attached hydrogen (secondary N) is 1.